The minimum absolute atomic E-state index is 0.0454. The fourth-order valence-corrected chi connectivity index (χ4v) is 1.86. The number of hydrogen-bond acceptors (Lipinski definition) is 5. The topological polar surface area (TPSA) is 75.8 Å². The first kappa shape index (κ1) is 15.2. The molecule has 0 unspecified atom stereocenters. The molecule has 106 valence electrons. The van der Waals surface area contributed by atoms with Crippen LogP contribution in [-0.2, 0) is 0 Å². The van der Waals surface area contributed by atoms with Gasteiger partial charge in [0.1, 0.15) is 11.4 Å². The van der Waals surface area contributed by atoms with Crippen LogP contribution in [0.4, 0.5) is 11.4 Å². The summed E-state index contributed by atoms with van der Waals surface area (Å²) in [5, 5.41) is 19.8. The number of aliphatic hydroxyl groups excluding tert-OH is 1. The molecule has 0 amide bonds. The van der Waals surface area contributed by atoms with Crippen LogP contribution < -0.4 is 9.64 Å². The van der Waals surface area contributed by atoms with Crippen LogP contribution in [0.15, 0.2) is 18.2 Å². The van der Waals surface area contributed by atoms with Gasteiger partial charge in [-0.15, -0.1) is 0 Å². The molecule has 1 aromatic carbocycles. The van der Waals surface area contributed by atoms with Crippen molar-refractivity contribution < 1.29 is 14.8 Å². The van der Waals surface area contributed by atoms with E-state index in [1.165, 1.54) is 13.2 Å². The van der Waals surface area contributed by atoms with Crippen LogP contribution >= 0.6 is 0 Å². The average Bonchev–Trinajstić information content (AvgIpc) is 2.42. The maximum atomic E-state index is 11.1. The van der Waals surface area contributed by atoms with Gasteiger partial charge in [-0.05, 0) is 31.4 Å². The summed E-state index contributed by atoms with van der Waals surface area (Å²) in [4.78, 5) is 12.5. The molecule has 0 bridgehead atoms. The van der Waals surface area contributed by atoms with Crippen LogP contribution in [0.5, 0.6) is 5.75 Å². The Morgan fingerprint density at radius 3 is 2.68 bits per heavy atom. The summed E-state index contributed by atoms with van der Waals surface area (Å²) >= 11 is 0. The van der Waals surface area contributed by atoms with E-state index in [1.807, 2.05) is 11.9 Å². The molecule has 1 aromatic rings. The van der Waals surface area contributed by atoms with Gasteiger partial charge in [-0.25, -0.2) is 0 Å². The number of ether oxygens (including phenoxy) is 1. The number of unbranched alkanes of at least 4 members (excludes halogenated alkanes) is 2. The summed E-state index contributed by atoms with van der Waals surface area (Å²) in [6.45, 7) is 0.902. The van der Waals surface area contributed by atoms with Gasteiger partial charge >= 0.3 is 0 Å². The zero-order valence-corrected chi connectivity index (χ0v) is 11.3. The van der Waals surface area contributed by atoms with Gasteiger partial charge in [0.25, 0.3) is 5.69 Å². The summed E-state index contributed by atoms with van der Waals surface area (Å²) in [5.74, 6) is 0.476. The number of nitro benzene ring substituents is 1. The Labute approximate surface area is 112 Å². The van der Waals surface area contributed by atoms with Gasteiger partial charge in [-0.3, -0.25) is 10.1 Å². The molecule has 19 heavy (non-hydrogen) atoms. The van der Waals surface area contributed by atoms with Crippen molar-refractivity contribution in [3.8, 4) is 5.75 Å². The smallest absolute Gasteiger partial charge is 0.296 e. The van der Waals surface area contributed by atoms with E-state index in [0.717, 1.165) is 19.3 Å². The molecule has 1 rings (SSSR count). The van der Waals surface area contributed by atoms with E-state index in [9.17, 15) is 10.1 Å². The van der Waals surface area contributed by atoms with Gasteiger partial charge in [0.05, 0.1) is 18.1 Å². The minimum Gasteiger partial charge on any atom is -0.496 e. The Morgan fingerprint density at radius 1 is 1.37 bits per heavy atom. The van der Waals surface area contributed by atoms with Crippen molar-refractivity contribution in [3.05, 3.63) is 28.3 Å². The predicted octanol–water partition coefficient (Wildman–Crippen LogP) is 2.20. The predicted molar refractivity (Wildman–Crippen MR) is 73.9 cm³/mol. The fourth-order valence-electron chi connectivity index (χ4n) is 1.86. The fraction of sp³-hybridized carbons (Fsp3) is 0.538. The van der Waals surface area contributed by atoms with E-state index in [-0.39, 0.29) is 12.3 Å². The number of nitrogens with zero attached hydrogens (tertiary/aromatic N) is 2. The number of methoxy groups -OCH3 is 1. The van der Waals surface area contributed by atoms with Crippen molar-refractivity contribution in [2.75, 3.05) is 32.2 Å². The molecule has 6 heteroatoms. The molecule has 0 aromatic heterocycles. The molecule has 0 atom stereocenters. The molecule has 0 heterocycles. The van der Waals surface area contributed by atoms with Gasteiger partial charge in [0, 0.05) is 20.2 Å². The summed E-state index contributed by atoms with van der Waals surface area (Å²) in [6, 6.07) is 4.84. The number of aliphatic hydroxyl groups is 1. The molecule has 0 spiro atoms. The van der Waals surface area contributed by atoms with Gasteiger partial charge < -0.3 is 14.7 Å². The average molecular weight is 268 g/mol. The molecule has 0 radical (unpaired) electrons. The summed E-state index contributed by atoms with van der Waals surface area (Å²) in [6.07, 6.45) is 2.56. The number of rotatable bonds is 8. The Balaban J connectivity index is 2.77. The van der Waals surface area contributed by atoms with Crippen molar-refractivity contribution >= 4 is 11.4 Å². The van der Waals surface area contributed by atoms with Crippen LogP contribution in [0.2, 0.25) is 0 Å². The highest BCUT2D eigenvalue weighted by Gasteiger charge is 2.17. The lowest BCUT2D eigenvalue weighted by molar-refractivity contribution is -0.384. The lowest BCUT2D eigenvalue weighted by Gasteiger charge is -2.19. The van der Waals surface area contributed by atoms with Crippen molar-refractivity contribution in [2.45, 2.75) is 19.3 Å². The van der Waals surface area contributed by atoms with E-state index >= 15 is 0 Å². The molecule has 0 fully saturated rings. The SMILES string of the molecule is COc1ccc(N(C)CCCCCO)c([N+](=O)[O-])c1. The summed E-state index contributed by atoms with van der Waals surface area (Å²) < 4.78 is 5.00. The quantitative estimate of drug-likeness (QED) is 0.444. The standard InChI is InChI=1S/C13H20N2O4/c1-14(8-4-3-5-9-16)12-7-6-11(19-2)10-13(12)15(17)18/h6-7,10,16H,3-5,8-9H2,1-2H3. The number of benzene rings is 1. The molecule has 0 aliphatic carbocycles. The van der Waals surface area contributed by atoms with Gasteiger partial charge in [-0.1, -0.05) is 0 Å². The number of anilines is 1. The molecule has 0 saturated carbocycles. The lowest BCUT2D eigenvalue weighted by atomic mass is 10.2. The molecule has 1 N–H and O–H groups in total. The highest BCUT2D eigenvalue weighted by molar-refractivity contribution is 5.65. The first-order valence-corrected chi connectivity index (χ1v) is 6.24. The Kier molecular flexibility index (Phi) is 6.08. The number of hydrogen-bond donors (Lipinski definition) is 1. The zero-order valence-electron chi connectivity index (χ0n) is 11.3. The van der Waals surface area contributed by atoms with Crippen LogP contribution in [0, 0.1) is 10.1 Å². The molecular formula is C13H20N2O4. The second-order valence-electron chi connectivity index (χ2n) is 4.32. The minimum atomic E-state index is -0.401. The van der Waals surface area contributed by atoms with Crippen molar-refractivity contribution in [2.24, 2.45) is 0 Å². The Hall–Kier alpha value is -1.82. The van der Waals surface area contributed by atoms with Crippen LogP contribution in [-0.4, -0.2) is 37.3 Å². The maximum absolute atomic E-state index is 11.1. The number of nitro groups is 1. The summed E-state index contributed by atoms with van der Waals surface area (Å²) in [7, 11) is 3.31. The highest BCUT2D eigenvalue weighted by Crippen LogP contribution is 2.31. The van der Waals surface area contributed by atoms with Crippen molar-refractivity contribution in [1.82, 2.24) is 0 Å². The van der Waals surface area contributed by atoms with Crippen LogP contribution in [0.25, 0.3) is 0 Å². The van der Waals surface area contributed by atoms with Crippen molar-refractivity contribution in [1.29, 1.82) is 0 Å². The Bertz CT molecular complexity index is 423. The normalized spacial score (nSPS) is 10.3. The first-order chi connectivity index (χ1) is 9.10. The highest BCUT2D eigenvalue weighted by atomic mass is 16.6. The van der Waals surface area contributed by atoms with Gasteiger partial charge in [0.2, 0.25) is 0 Å². The molecular weight excluding hydrogens is 248 g/mol. The van der Waals surface area contributed by atoms with E-state index in [2.05, 4.69) is 0 Å². The largest absolute Gasteiger partial charge is 0.496 e. The van der Waals surface area contributed by atoms with E-state index in [0.29, 0.717) is 18.0 Å². The molecule has 0 aliphatic heterocycles. The third-order valence-electron chi connectivity index (χ3n) is 2.94. The van der Waals surface area contributed by atoms with Crippen LogP contribution in [0.1, 0.15) is 19.3 Å². The van der Waals surface area contributed by atoms with E-state index in [4.69, 9.17) is 9.84 Å². The van der Waals surface area contributed by atoms with Crippen molar-refractivity contribution in [3.63, 3.8) is 0 Å². The zero-order chi connectivity index (χ0) is 14.3. The lowest BCUT2D eigenvalue weighted by Crippen LogP contribution is -2.19. The van der Waals surface area contributed by atoms with Crippen LogP contribution in [0.3, 0.4) is 0 Å². The second kappa shape index (κ2) is 7.58. The van der Waals surface area contributed by atoms with E-state index < -0.39 is 4.92 Å². The Morgan fingerprint density at radius 2 is 2.11 bits per heavy atom. The molecule has 6 nitrogen and oxygen atoms in total. The summed E-state index contributed by atoms with van der Waals surface area (Å²) in [5.41, 5.74) is 0.624. The first-order valence-electron chi connectivity index (χ1n) is 6.24. The molecule has 0 aliphatic rings. The third kappa shape index (κ3) is 4.40. The van der Waals surface area contributed by atoms with Gasteiger partial charge in [0.15, 0.2) is 0 Å². The second-order valence-corrected chi connectivity index (χ2v) is 4.32. The van der Waals surface area contributed by atoms with E-state index in [1.54, 1.807) is 12.1 Å². The monoisotopic (exact) mass is 268 g/mol. The molecule has 0 saturated heterocycles. The third-order valence-corrected chi connectivity index (χ3v) is 2.94. The van der Waals surface area contributed by atoms with Gasteiger partial charge in [-0.2, -0.15) is 0 Å². The maximum Gasteiger partial charge on any atom is 0.296 e.